The van der Waals surface area contributed by atoms with Crippen molar-refractivity contribution in [3.8, 4) is 0 Å². The van der Waals surface area contributed by atoms with E-state index in [4.69, 9.17) is 16.3 Å². The predicted molar refractivity (Wildman–Crippen MR) is 139 cm³/mol. The number of hydrogen-bond acceptors (Lipinski definition) is 4. The number of benzene rings is 2. The maximum absolute atomic E-state index is 15.7. The van der Waals surface area contributed by atoms with E-state index in [9.17, 15) is 9.59 Å². The van der Waals surface area contributed by atoms with Crippen LogP contribution in [0, 0.1) is 11.2 Å². The monoisotopic (exact) mass is 564 g/mol. The van der Waals surface area contributed by atoms with Crippen LogP contribution in [0.5, 0.6) is 0 Å². The van der Waals surface area contributed by atoms with Crippen molar-refractivity contribution >= 4 is 45.1 Å². The number of amides is 1. The molecule has 2 aromatic carbocycles. The lowest BCUT2D eigenvalue weighted by atomic mass is 9.62. The normalized spacial score (nSPS) is 26.1. The largest absolute Gasteiger partial charge is 0.459 e. The fraction of sp³-hybridized carbons (Fsp3) is 0.481. The lowest BCUT2D eigenvalue weighted by molar-refractivity contribution is -0.157. The molecule has 188 valence electrons. The number of hydrogen-bond donors (Lipinski definition) is 2. The number of rotatable bonds is 3. The van der Waals surface area contributed by atoms with Gasteiger partial charge in [0.2, 0.25) is 5.91 Å². The summed E-state index contributed by atoms with van der Waals surface area (Å²) in [5, 5.41) is 6.89. The molecule has 4 atom stereocenters. The minimum absolute atomic E-state index is 0.191. The van der Waals surface area contributed by atoms with Gasteiger partial charge in [-0.2, -0.15) is 0 Å². The Kier molecular flexibility index (Phi) is 6.61. The molecule has 2 N–H and O–H groups in total. The first-order valence-corrected chi connectivity index (χ1v) is 12.9. The predicted octanol–water partition coefficient (Wildman–Crippen LogP) is 6.33. The molecule has 2 heterocycles. The van der Waals surface area contributed by atoms with Crippen molar-refractivity contribution in [1.29, 1.82) is 0 Å². The number of anilines is 1. The van der Waals surface area contributed by atoms with Gasteiger partial charge in [-0.3, -0.25) is 14.9 Å². The smallest absolute Gasteiger partial charge is 0.324 e. The van der Waals surface area contributed by atoms with Crippen molar-refractivity contribution in [3.63, 3.8) is 0 Å². The van der Waals surface area contributed by atoms with Crippen LogP contribution in [0.4, 0.5) is 10.1 Å². The van der Waals surface area contributed by atoms with E-state index in [-0.39, 0.29) is 21.4 Å². The molecular weight excluding hydrogens is 535 g/mol. The highest BCUT2D eigenvalue weighted by atomic mass is 79.9. The molecule has 35 heavy (non-hydrogen) atoms. The van der Waals surface area contributed by atoms with Crippen molar-refractivity contribution < 1.29 is 18.7 Å². The van der Waals surface area contributed by atoms with Crippen LogP contribution in [0.1, 0.15) is 65.0 Å². The molecule has 2 aliphatic rings. The molecule has 0 bridgehead atoms. The Morgan fingerprint density at radius 1 is 1.17 bits per heavy atom. The van der Waals surface area contributed by atoms with Crippen LogP contribution < -0.4 is 10.6 Å². The van der Waals surface area contributed by atoms with Crippen molar-refractivity contribution in [3.05, 3.63) is 62.8 Å². The molecule has 0 radical (unpaired) electrons. The SMILES string of the molecule is CC(C)(C)C[C@@H]1N[C@@H](C(=O)OC(C)(C)C)[C@H](c2cccc(Br)c2F)[C@]12C(=O)Nc1cc(Cl)ccc12. The van der Waals surface area contributed by atoms with Crippen molar-refractivity contribution in [2.75, 3.05) is 5.32 Å². The zero-order valence-electron chi connectivity index (χ0n) is 20.8. The lowest BCUT2D eigenvalue weighted by Crippen LogP contribution is -2.49. The topological polar surface area (TPSA) is 67.4 Å². The van der Waals surface area contributed by atoms with Gasteiger partial charge in [0.25, 0.3) is 0 Å². The summed E-state index contributed by atoms with van der Waals surface area (Å²) in [5.41, 5.74) is -0.646. The molecule has 0 aliphatic carbocycles. The molecule has 0 aromatic heterocycles. The molecular formula is C27H31BrClFN2O3. The maximum atomic E-state index is 15.7. The number of carbonyl (C=O) groups is 2. The second-order valence-corrected chi connectivity index (χ2v) is 12.9. The first-order chi connectivity index (χ1) is 16.1. The Morgan fingerprint density at radius 3 is 2.49 bits per heavy atom. The van der Waals surface area contributed by atoms with Gasteiger partial charge in [0.15, 0.2) is 0 Å². The van der Waals surface area contributed by atoms with Crippen LogP contribution in [0.25, 0.3) is 0 Å². The summed E-state index contributed by atoms with van der Waals surface area (Å²) in [7, 11) is 0. The number of esters is 1. The molecule has 5 nitrogen and oxygen atoms in total. The number of ether oxygens (including phenoxy) is 1. The van der Waals surface area contributed by atoms with E-state index in [1.54, 1.807) is 51.1 Å². The van der Waals surface area contributed by atoms with Gasteiger partial charge >= 0.3 is 5.97 Å². The average molecular weight is 566 g/mol. The van der Waals surface area contributed by atoms with E-state index in [1.807, 2.05) is 6.07 Å². The lowest BCUT2D eigenvalue weighted by Gasteiger charge is -2.37. The van der Waals surface area contributed by atoms with Gasteiger partial charge in [-0.15, -0.1) is 0 Å². The molecule has 0 unspecified atom stereocenters. The molecule has 1 fully saturated rings. The molecule has 1 amide bonds. The number of nitrogens with one attached hydrogen (secondary N) is 2. The van der Waals surface area contributed by atoms with Gasteiger partial charge in [-0.05, 0) is 77.9 Å². The fourth-order valence-corrected chi connectivity index (χ4v) is 6.05. The average Bonchev–Trinajstić information content (AvgIpc) is 3.17. The molecule has 2 aliphatic heterocycles. The van der Waals surface area contributed by atoms with E-state index in [2.05, 4.69) is 47.3 Å². The van der Waals surface area contributed by atoms with Crippen LogP contribution in [0.3, 0.4) is 0 Å². The first-order valence-electron chi connectivity index (χ1n) is 11.7. The standard InChI is InChI=1S/C27H31BrClFN2O3/c1-25(2,3)13-19-27(16-11-10-14(29)12-18(16)31-24(27)34)20(15-8-7-9-17(28)21(15)30)22(32-19)23(33)35-26(4,5)6/h7-12,19-20,22,32H,13H2,1-6H3,(H,31,34)/t19-,20-,22+,27+/m0/s1. The number of fused-ring (bicyclic) bond motifs is 2. The van der Waals surface area contributed by atoms with Gasteiger partial charge in [-0.1, -0.05) is 50.6 Å². The molecule has 4 rings (SSSR count). The zero-order valence-corrected chi connectivity index (χ0v) is 23.1. The van der Waals surface area contributed by atoms with Gasteiger partial charge < -0.3 is 10.1 Å². The summed E-state index contributed by atoms with van der Waals surface area (Å²) >= 11 is 9.54. The Labute approximate surface area is 219 Å². The highest BCUT2D eigenvalue weighted by Gasteiger charge is 2.66. The summed E-state index contributed by atoms with van der Waals surface area (Å²) in [6.07, 6.45) is 0.563. The Hall–Kier alpha value is -1.96. The third-order valence-corrected chi connectivity index (χ3v) is 7.45. The van der Waals surface area contributed by atoms with Gasteiger partial charge in [0.1, 0.15) is 22.9 Å². The summed E-state index contributed by atoms with van der Waals surface area (Å²) in [6.45, 7) is 11.6. The third kappa shape index (κ3) is 4.63. The molecule has 1 spiro atoms. The van der Waals surface area contributed by atoms with Crippen LogP contribution >= 0.6 is 27.5 Å². The van der Waals surface area contributed by atoms with Crippen LogP contribution in [-0.4, -0.2) is 29.6 Å². The van der Waals surface area contributed by atoms with Gasteiger partial charge in [0, 0.05) is 22.7 Å². The molecule has 2 aromatic rings. The second kappa shape index (κ2) is 8.86. The zero-order chi connectivity index (χ0) is 25.9. The van der Waals surface area contributed by atoms with E-state index in [0.29, 0.717) is 22.7 Å². The minimum atomic E-state index is -1.25. The van der Waals surface area contributed by atoms with E-state index in [1.165, 1.54) is 0 Å². The van der Waals surface area contributed by atoms with Crippen LogP contribution in [-0.2, 0) is 19.7 Å². The highest BCUT2D eigenvalue weighted by Crippen LogP contribution is 2.57. The Bertz CT molecular complexity index is 1190. The van der Waals surface area contributed by atoms with Crippen LogP contribution in [0.2, 0.25) is 5.02 Å². The summed E-state index contributed by atoms with van der Waals surface area (Å²) in [4.78, 5) is 27.6. The number of halogens is 3. The Balaban J connectivity index is 2.01. The van der Waals surface area contributed by atoms with Crippen LogP contribution in [0.15, 0.2) is 40.9 Å². The summed E-state index contributed by atoms with van der Waals surface area (Å²) in [6, 6.07) is 8.79. The van der Waals surface area contributed by atoms with Crippen molar-refractivity contribution in [2.45, 2.75) is 77.0 Å². The van der Waals surface area contributed by atoms with Gasteiger partial charge in [-0.25, -0.2) is 4.39 Å². The van der Waals surface area contributed by atoms with Crippen molar-refractivity contribution in [2.24, 2.45) is 5.41 Å². The molecule has 8 heteroatoms. The van der Waals surface area contributed by atoms with Crippen molar-refractivity contribution in [1.82, 2.24) is 5.32 Å². The van der Waals surface area contributed by atoms with E-state index < -0.39 is 40.8 Å². The summed E-state index contributed by atoms with van der Waals surface area (Å²) < 4.78 is 21.8. The van der Waals surface area contributed by atoms with E-state index in [0.717, 1.165) is 0 Å². The third-order valence-electron chi connectivity index (χ3n) is 6.60. The molecule has 0 saturated carbocycles. The maximum Gasteiger partial charge on any atom is 0.324 e. The summed E-state index contributed by atoms with van der Waals surface area (Å²) in [5.74, 6) is -2.16. The fourth-order valence-electron chi connectivity index (χ4n) is 5.49. The quantitative estimate of drug-likeness (QED) is 0.427. The molecule has 1 saturated heterocycles. The minimum Gasteiger partial charge on any atom is -0.459 e. The Morgan fingerprint density at radius 2 is 1.86 bits per heavy atom. The van der Waals surface area contributed by atoms with E-state index >= 15 is 4.39 Å². The number of carbonyl (C=O) groups excluding carboxylic acids is 2. The second-order valence-electron chi connectivity index (χ2n) is 11.6. The highest BCUT2D eigenvalue weighted by molar-refractivity contribution is 9.10. The first kappa shape index (κ1) is 26.1. The van der Waals surface area contributed by atoms with Gasteiger partial charge in [0.05, 0.1) is 4.47 Å².